The third kappa shape index (κ3) is 14.0. The number of nitrogens with one attached hydrogen (secondary N) is 3. The first-order chi connectivity index (χ1) is 19.9. The van der Waals surface area contributed by atoms with Crippen LogP contribution in [0, 0.1) is 0 Å². The molecule has 0 fully saturated rings. The lowest BCUT2D eigenvalue weighted by atomic mass is 10.3. The third-order valence-electron chi connectivity index (χ3n) is 5.76. The van der Waals surface area contributed by atoms with Crippen LogP contribution in [0.25, 0.3) is 0 Å². The van der Waals surface area contributed by atoms with Crippen molar-refractivity contribution in [2.24, 2.45) is 5.73 Å². The molecule has 1 heterocycles. The van der Waals surface area contributed by atoms with Gasteiger partial charge in [-0.15, -0.1) is 0 Å². The van der Waals surface area contributed by atoms with Gasteiger partial charge in [-0.3, -0.25) is 0 Å². The summed E-state index contributed by atoms with van der Waals surface area (Å²) in [6.07, 6.45) is 1.54. The van der Waals surface area contributed by atoms with E-state index in [0.29, 0.717) is 102 Å². The Morgan fingerprint density at radius 1 is 0.659 bits per heavy atom. The highest BCUT2D eigenvalue weighted by Crippen LogP contribution is 2.23. The van der Waals surface area contributed by atoms with Crippen molar-refractivity contribution in [3.63, 3.8) is 0 Å². The minimum Gasteiger partial charge on any atom is -0.374 e. The smallest absolute Gasteiger partial charge is 0.374 e. The molecule has 1 aromatic rings. The van der Waals surface area contributed by atoms with Crippen molar-refractivity contribution in [1.29, 1.82) is 0 Å². The highest BCUT2D eigenvalue weighted by Gasteiger charge is 2.41. The van der Waals surface area contributed by atoms with E-state index in [2.05, 4.69) is 25.8 Å². The fourth-order valence-electron chi connectivity index (χ4n) is 4.30. The summed E-state index contributed by atoms with van der Waals surface area (Å²) in [6.45, 7) is 17.9. The summed E-state index contributed by atoms with van der Waals surface area (Å²) in [5, 5.41) is 9.44. The van der Waals surface area contributed by atoms with Gasteiger partial charge in [0, 0.05) is 77.9 Å². The Labute approximate surface area is 249 Å². The van der Waals surface area contributed by atoms with Gasteiger partial charge in [0.2, 0.25) is 17.8 Å². The molecule has 16 heteroatoms. The molecule has 1 aromatic heterocycles. The van der Waals surface area contributed by atoms with Gasteiger partial charge in [0.05, 0.1) is 6.67 Å². The van der Waals surface area contributed by atoms with Crippen LogP contribution in [-0.4, -0.2) is 112 Å². The van der Waals surface area contributed by atoms with Crippen LogP contribution in [0.5, 0.6) is 0 Å². The van der Waals surface area contributed by atoms with Crippen LogP contribution in [0.1, 0.15) is 54.4 Å². The van der Waals surface area contributed by atoms with E-state index in [-0.39, 0.29) is 0 Å². The lowest BCUT2D eigenvalue weighted by Crippen LogP contribution is -2.47. The first-order valence-corrected chi connectivity index (χ1v) is 18.9. The molecule has 0 atom stereocenters. The van der Waals surface area contributed by atoms with E-state index in [0.717, 1.165) is 12.8 Å². The van der Waals surface area contributed by atoms with E-state index < -0.39 is 17.6 Å². The first-order valence-electron chi connectivity index (χ1n) is 15.1. The molecule has 0 aliphatic heterocycles. The molecule has 0 aliphatic carbocycles. The van der Waals surface area contributed by atoms with Gasteiger partial charge in [-0.2, -0.15) is 15.0 Å². The van der Waals surface area contributed by atoms with Crippen molar-refractivity contribution in [3.05, 3.63) is 0 Å². The van der Waals surface area contributed by atoms with E-state index in [1.165, 1.54) is 0 Å². The quantitative estimate of drug-likeness (QED) is 0.0839. The molecule has 0 spiro atoms. The Balaban J connectivity index is 3.26. The maximum absolute atomic E-state index is 6.08. The molecule has 41 heavy (non-hydrogen) atoms. The van der Waals surface area contributed by atoms with E-state index in [4.69, 9.17) is 42.3 Å². The van der Waals surface area contributed by atoms with Crippen LogP contribution in [0.2, 0.25) is 12.1 Å². The van der Waals surface area contributed by atoms with Crippen LogP contribution >= 0.6 is 0 Å². The summed E-state index contributed by atoms with van der Waals surface area (Å²) < 4.78 is 36.5. The molecule has 0 saturated carbocycles. The maximum atomic E-state index is 6.08. The lowest BCUT2D eigenvalue weighted by molar-refractivity contribution is 0.0705. The van der Waals surface area contributed by atoms with Gasteiger partial charge in [0.15, 0.2) is 0 Å². The van der Waals surface area contributed by atoms with Crippen LogP contribution in [0.15, 0.2) is 0 Å². The highest BCUT2D eigenvalue weighted by molar-refractivity contribution is 6.61. The molecular formula is C25H56N8O6Si2. The number of anilines is 3. The summed E-state index contributed by atoms with van der Waals surface area (Å²) >= 11 is 0. The minimum absolute atomic E-state index is 0.460. The van der Waals surface area contributed by atoms with Crippen molar-refractivity contribution in [1.82, 2.24) is 20.3 Å². The van der Waals surface area contributed by atoms with Gasteiger partial charge in [0.1, 0.15) is 0 Å². The number of nitrogens with two attached hydrogens (primary N) is 1. The standard InChI is InChI=1S/C25H56N8O6Si2/c1-8-34-40(35-9-2,36-10-3)20-14-18-33(19-15-21-41(37-11-4,38-12-5)39-13-6)25-31-23(28-17-16-26)30-24(32-25)29-22-27-7/h27H,8-22,26H2,1-7H3,(H2,28,29,30,31,32). The van der Waals surface area contributed by atoms with Gasteiger partial charge < -0.3 is 53.1 Å². The number of rotatable bonds is 27. The molecule has 0 aliphatic rings. The molecule has 0 unspecified atom stereocenters. The van der Waals surface area contributed by atoms with Gasteiger partial charge in [-0.1, -0.05) is 0 Å². The molecule has 5 N–H and O–H groups in total. The Bertz CT molecular complexity index is 712. The number of hydrogen-bond acceptors (Lipinski definition) is 14. The molecule has 240 valence electrons. The van der Waals surface area contributed by atoms with Gasteiger partial charge in [0.25, 0.3) is 0 Å². The first kappa shape index (κ1) is 37.5. The average molecular weight is 621 g/mol. The number of hydrogen-bond donors (Lipinski definition) is 4. The monoisotopic (exact) mass is 620 g/mol. The van der Waals surface area contributed by atoms with E-state index in [1.807, 2.05) is 48.6 Å². The summed E-state index contributed by atoms with van der Waals surface area (Å²) in [7, 11) is -3.73. The third-order valence-corrected chi connectivity index (χ3v) is 12.1. The van der Waals surface area contributed by atoms with Gasteiger partial charge >= 0.3 is 17.6 Å². The second-order valence-corrected chi connectivity index (χ2v) is 14.3. The van der Waals surface area contributed by atoms with E-state index >= 15 is 0 Å². The Hall–Kier alpha value is -1.48. The summed E-state index contributed by atoms with van der Waals surface area (Å²) in [6, 6.07) is 1.37. The minimum atomic E-state index is -2.79. The van der Waals surface area contributed by atoms with Crippen LogP contribution in [0.4, 0.5) is 17.8 Å². The molecular weight excluding hydrogens is 564 g/mol. The Kier molecular flexibility index (Phi) is 20.3. The van der Waals surface area contributed by atoms with Crippen molar-refractivity contribution >= 4 is 35.5 Å². The molecule has 0 amide bonds. The van der Waals surface area contributed by atoms with Crippen LogP contribution in [0.3, 0.4) is 0 Å². The van der Waals surface area contributed by atoms with Gasteiger partial charge in [-0.05, 0) is 61.4 Å². The van der Waals surface area contributed by atoms with Crippen molar-refractivity contribution in [2.75, 3.05) is 95.1 Å². The van der Waals surface area contributed by atoms with Crippen molar-refractivity contribution in [3.8, 4) is 0 Å². The van der Waals surface area contributed by atoms with Crippen molar-refractivity contribution < 1.29 is 26.6 Å². The topological polar surface area (TPSA) is 159 Å². The van der Waals surface area contributed by atoms with E-state index in [1.54, 1.807) is 0 Å². The van der Waals surface area contributed by atoms with Gasteiger partial charge in [-0.25, -0.2) is 0 Å². The maximum Gasteiger partial charge on any atom is 0.500 e. The normalized spacial score (nSPS) is 12.1. The second kappa shape index (κ2) is 22.1. The predicted octanol–water partition coefficient (Wildman–Crippen LogP) is 2.51. The van der Waals surface area contributed by atoms with Crippen LogP contribution < -0.4 is 26.6 Å². The fraction of sp³-hybridized carbons (Fsp3) is 0.880. The number of aromatic nitrogens is 3. The zero-order valence-corrected chi connectivity index (χ0v) is 28.4. The molecule has 0 bridgehead atoms. The largest absolute Gasteiger partial charge is 0.500 e. The van der Waals surface area contributed by atoms with Crippen LogP contribution in [-0.2, 0) is 26.6 Å². The molecule has 1 rings (SSSR count). The van der Waals surface area contributed by atoms with Crippen molar-refractivity contribution in [2.45, 2.75) is 66.5 Å². The molecule has 0 saturated heterocycles. The second-order valence-electron chi connectivity index (χ2n) is 8.86. The fourth-order valence-corrected chi connectivity index (χ4v) is 9.49. The number of nitrogens with zero attached hydrogens (tertiary/aromatic N) is 4. The summed E-state index contributed by atoms with van der Waals surface area (Å²) in [5.41, 5.74) is 5.72. The Morgan fingerprint density at radius 2 is 1.07 bits per heavy atom. The summed E-state index contributed by atoms with van der Waals surface area (Å²) in [5.74, 6) is 1.50. The lowest BCUT2D eigenvalue weighted by Gasteiger charge is -2.31. The Morgan fingerprint density at radius 3 is 1.44 bits per heavy atom. The zero-order chi connectivity index (χ0) is 30.4. The SMILES string of the molecule is CCO[Si](CCCN(CCC[Si](OCC)(OCC)OCC)c1nc(NCCN)nc(NCNC)n1)(OCC)OCC. The highest BCUT2D eigenvalue weighted by atomic mass is 28.4. The zero-order valence-electron chi connectivity index (χ0n) is 26.4. The molecule has 0 radical (unpaired) electrons. The molecule has 14 nitrogen and oxygen atoms in total. The predicted molar refractivity (Wildman–Crippen MR) is 167 cm³/mol. The van der Waals surface area contributed by atoms with E-state index in [9.17, 15) is 0 Å². The average Bonchev–Trinajstić information content (AvgIpc) is 2.95. The molecule has 0 aromatic carbocycles. The summed E-state index contributed by atoms with van der Waals surface area (Å²) in [4.78, 5) is 16.1.